The first-order chi connectivity index (χ1) is 11.1. The first-order valence-corrected chi connectivity index (χ1v) is 7.84. The predicted molar refractivity (Wildman–Crippen MR) is 86.4 cm³/mol. The van der Waals surface area contributed by atoms with Crippen LogP contribution in [-0.4, -0.2) is 50.2 Å². The maximum atomic E-state index is 12.3. The summed E-state index contributed by atoms with van der Waals surface area (Å²) in [7, 11) is 0. The number of likely N-dealkylation sites (tertiary alicyclic amines) is 1. The third-order valence-corrected chi connectivity index (χ3v) is 4.31. The number of piperidine rings is 1. The van der Waals surface area contributed by atoms with Crippen LogP contribution in [0.5, 0.6) is 0 Å². The zero-order valence-corrected chi connectivity index (χ0v) is 13.1. The molecule has 0 saturated carbocycles. The number of nitrogens with one attached hydrogen (secondary N) is 1. The van der Waals surface area contributed by atoms with Gasteiger partial charge in [0.25, 0.3) is 0 Å². The van der Waals surface area contributed by atoms with Crippen LogP contribution in [-0.2, 0) is 0 Å². The molecule has 1 saturated heterocycles. The Bertz CT molecular complexity index is 631. The standard InChI is InChI=1S/C16H21N5O2/c1-12(22)13-6-9-20(10-7-13)16(23)18-14-2-4-15(5-3-14)21-11-8-17-19-21/h2-5,8,11-13,22H,6-7,9-10H2,1H3,(H,18,23). The second-order valence-electron chi connectivity index (χ2n) is 5.89. The molecule has 1 aliphatic heterocycles. The zero-order chi connectivity index (χ0) is 16.2. The number of aliphatic hydroxyl groups excluding tert-OH is 1. The Kier molecular flexibility index (Phi) is 4.57. The number of carbonyl (C=O) groups excluding carboxylic acids is 1. The summed E-state index contributed by atoms with van der Waals surface area (Å²) in [5.74, 6) is 0.293. The minimum atomic E-state index is -0.301. The molecular formula is C16H21N5O2. The van der Waals surface area contributed by atoms with Gasteiger partial charge in [-0.2, -0.15) is 0 Å². The number of carbonyl (C=O) groups is 1. The summed E-state index contributed by atoms with van der Waals surface area (Å²) < 4.78 is 1.66. The fourth-order valence-corrected chi connectivity index (χ4v) is 2.83. The third kappa shape index (κ3) is 3.68. The molecule has 2 N–H and O–H groups in total. The van der Waals surface area contributed by atoms with Crippen molar-refractivity contribution < 1.29 is 9.90 Å². The number of hydrogen-bond donors (Lipinski definition) is 2. The van der Waals surface area contributed by atoms with E-state index in [1.54, 1.807) is 22.0 Å². The lowest BCUT2D eigenvalue weighted by Gasteiger charge is -2.33. The molecule has 23 heavy (non-hydrogen) atoms. The summed E-state index contributed by atoms with van der Waals surface area (Å²) in [5.41, 5.74) is 1.63. The lowest BCUT2D eigenvalue weighted by atomic mass is 9.92. The number of anilines is 1. The van der Waals surface area contributed by atoms with Crippen molar-refractivity contribution in [3.63, 3.8) is 0 Å². The first-order valence-electron chi connectivity index (χ1n) is 7.84. The van der Waals surface area contributed by atoms with Gasteiger partial charge in [-0.15, -0.1) is 5.10 Å². The average Bonchev–Trinajstić information content (AvgIpc) is 3.10. The molecule has 7 nitrogen and oxygen atoms in total. The Hall–Kier alpha value is -2.41. The molecule has 1 unspecified atom stereocenters. The molecule has 2 heterocycles. The van der Waals surface area contributed by atoms with Crippen LogP contribution in [0.25, 0.3) is 5.69 Å². The van der Waals surface area contributed by atoms with E-state index in [1.807, 2.05) is 31.2 Å². The quantitative estimate of drug-likeness (QED) is 0.906. The van der Waals surface area contributed by atoms with E-state index in [1.165, 1.54) is 0 Å². The number of urea groups is 1. The number of aromatic nitrogens is 3. The van der Waals surface area contributed by atoms with E-state index in [0.29, 0.717) is 19.0 Å². The lowest BCUT2D eigenvalue weighted by molar-refractivity contribution is 0.0820. The maximum Gasteiger partial charge on any atom is 0.321 e. The molecule has 3 rings (SSSR count). The SMILES string of the molecule is CC(O)C1CCN(C(=O)Nc2ccc(-n3ccnn3)cc2)CC1. The van der Waals surface area contributed by atoms with Crippen molar-refractivity contribution in [3.05, 3.63) is 36.7 Å². The van der Waals surface area contributed by atoms with Crippen molar-refractivity contribution in [2.75, 3.05) is 18.4 Å². The van der Waals surface area contributed by atoms with Crippen molar-refractivity contribution in [3.8, 4) is 5.69 Å². The highest BCUT2D eigenvalue weighted by atomic mass is 16.3. The fourth-order valence-electron chi connectivity index (χ4n) is 2.83. The smallest absolute Gasteiger partial charge is 0.321 e. The van der Waals surface area contributed by atoms with Crippen LogP contribution >= 0.6 is 0 Å². The van der Waals surface area contributed by atoms with E-state index in [2.05, 4.69) is 15.6 Å². The van der Waals surface area contributed by atoms with Crippen LogP contribution in [0.1, 0.15) is 19.8 Å². The Morgan fingerprint density at radius 2 is 2.00 bits per heavy atom. The number of nitrogens with zero attached hydrogens (tertiary/aromatic N) is 4. The van der Waals surface area contributed by atoms with Crippen LogP contribution in [0.2, 0.25) is 0 Å². The highest BCUT2D eigenvalue weighted by molar-refractivity contribution is 5.89. The summed E-state index contributed by atoms with van der Waals surface area (Å²) in [4.78, 5) is 14.1. The number of benzene rings is 1. The summed E-state index contributed by atoms with van der Waals surface area (Å²) in [6, 6.07) is 7.35. The Morgan fingerprint density at radius 3 is 2.57 bits per heavy atom. The molecular weight excluding hydrogens is 294 g/mol. The van der Waals surface area contributed by atoms with E-state index in [-0.39, 0.29) is 12.1 Å². The molecule has 1 atom stereocenters. The van der Waals surface area contributed by atoms with Gasteiger partial charge in [-0.25, -0.2) is 9.48 Å². The molecule has 122 valence electrons. The topological polar surface area (TPSA) is 83.3 Å². The molecule has 1 aromatic carbocycles. The molecule has 7 heteroatoms. The van der Waals surface area contributed by atoms with Gasteiger partial charge >= 0.3 is 6.03 Å². The van der Waals surface area contributed by atoms with Gasteiger partial charge in [0.2, 0.25) is 0 Å². The highest BCUT2D eigenvalue weighted by Crippen LogP contribution is 2.21. The van der Waals surface area contributed by atoms with Crippen molar-refractivity contribution in [1.82, 2.24) is 19.9 Å². The highest BCUT2D eigenvalue weighted by Gasteiger charge is 2.25. The second kappa shape index (κ2) is 6.78. The largest absolute Gasteiger partial charge is 0.393 e. The fraction of sp³-hybridized carbons (Fsp3) is 0.438. The van der Waals surface area contributed by atoms with E-state index in [0.717, 1.165) is 24.2 Å². The maximum absolute atomic E-state index is 12.3. The van der Waals surface area contributed by atoms with E-state index in [9.17, 15) is 9.90 Å². The Balaban J connectivity index is 1.56. The van der Waals surface area contributed by atoms with Gasteiger partial charge < -0.3 is 15.3 Å². The van der Waals surface area contributed by atoms with Gasteiger partial charge in [0.05, 0.1) is 24.2 Å². The van der Waals surface area contributed by atoms with Crippen LogP contribution in [0.3, 0.4) is 0 Å². The summed E-state index contributed by atoms with van der Waals surface area (Å²) in [6.45, 7) is 3.17. The number of hydrogen-bond acceptors (Lipinski definition) is 4. The predicted octanol–water partition coefficient (Wildman–Crippen LogP) is 1.89. The van der Waals surface area contributed by atoms with Crippen molar-refractivity contribution >= 4 is 11.7 Å². The normalized spacial score (nSPS) is 17.0. The molecule has 2 aromatic rings. The van der Waals surface area contributed by atoms with E-state index < -0.39 is 0 Å². The van der Waals surface area contributed by atoms with Gasteiger partial charge in [-0.1, -0.05) is 5.21 Å². The van der Waals surface area contributed by atoms with Crippen molar-refractivity contribution in [1.29, 1.82) is 0 Å². The first kappa shape index (κ1) is 15.5. The molecule has 0 radical (unpaired) electrons. The molecule has 1 aromatic heterocycles. The third-order valence-electron chi connectivity index (χ3n) is 4.31. The summed E-state index contributed by atoms with van der Waals surface area (Å²) >= 11 is 0. The van der Waals surface area contributed by atoms with Crippen LogP contribution in [0.15, 0.2) is 36.7 Å². The summed E-state index contributed by atoms with van der Waals surface area (Å²) in [6.07, 6.45) is 4.77. The van der Waals surface area contributed by atoms with Gasteiger partial charge in [-0.3, -0.25) is 0 Å². The monoisotopic (exact) mass is 315 g/mol. The van der Waals surface area contributed by atoms with Crippen molar-refractivity contribution in [2.24, 2.45) is 5.92 Å². The van der Waals surface area contributed by atoms with E-state index >= 15 is 0 Å². The molecule has 1 fully saturated rings. The number of aliphatic hydroxyl groups is 1. The summed E-state index contributed by atoms with van der Waals surface area (Å²) in [5, 5.41) is 20.2. The molecule has 0 aliphatic carbocycles. The van der Waals surface area contributed by atoms with Gasteiger partial charge in [0.15, 0.2) is 0 Å². The van der Waals surface area contributed by atoms with E-state index in [4.69, 9.17) is 0 Å². The van der Waals surface area contributed by atoms with Gasteiger partial charge in [0, 0.05) is 18.8 Å². The molecule has 1 aliphatic rings. The Morgan fingerprint density at radius 1 is 1.30 bits per heavy atom. The minimum absolute atomic E-state index is 0.0949. The number of rotatable bonds is 3. The lowest BCUT2D eigenvalue weighted by Crippen LogP contribution is -2.42. The minimum Gasteiger partial charge on any atom is -0.393 e. The Labute approximate surface area is 134 Å². The van der Waals surface area contributed by atoms with Gasteiger partial charge in [-0.05, 0) is 49.9 Å². The molecule has 0 spiro atoms. The molecule has 2 amide bonds. The number of amides is 2. The van der Waals surface area contributed by atoms with Gasteiger partial charge in [0.1, 0.15) is 0 Å². The second-order valence-corrected chi connectivity index (χ2v) is 5.89. The van der Waals surface area contributed by atoms with Crippen LogP contribution in [0.4, 0.5) is 10.5 Å². The van der Waals surface area contributed by atoms with Crippen molar-refractivity contribution in [2.45, 2.75) is 25.9 Å². The van der Waals surface area contributed by atoms with Crippen LogP contribution < -0.4 is 5.32 Å². The zero-order valence-electron chi connectivity index (χ0n) is 13.1. The molecule has 0 bridgehead atoms. The average molecular weight is 315 g/mol. The van der Waals surface area contributed by atoms with Crippen LogP contribution in [0, 0.1) is 5.92 Å².